The highest BCUT2D eigenvalue weighted by molar-refractivity contribution is 5.29. The van der Waals surface area contributed by atoms with Gasteiger partial charge in [0, 0.05) is 11.5 Å². The Morgan fingerprint density at radius 2 is 1.81 bits per heavy atom. The van der Waals surface area contributed by atoms with Crippen molar-refractivity contribution in [3.05, 3.63) is 48.6 Å². The van der Waals surface area contributed by atoms with Crippen molar-refractivity contribution in [2.45, 2.75) is 38.1 Å². The zero-order chi connectivity index (χ0) is 12.0. The van der Waals surface area contributed by atoms with E-state index < -0.39 is 0 Å². The van der Waals surface area contributed by atoms with Gasteiger partial charge < -0.3 is 5.32 Å². The number of hydrogen-bond acceptors (Lipinski definition) is 1. The standard InChI is InChI=1S/C15H23N/c1-5-14(16-4)15(6-2,7-3)13-11-9-8-10-12-13/h5,8-12,14,16H,1,6-7H2,2-4H3. The molecular formula is C15H23N. The predicted molar refractivity (Wildman–Crippen MR) is 71.7 cm³/mol. The van der Waals surface area contributed by atoms with E-state index in [1.807, 2.05) is 13.1 Å². The molecule has 0 aliphatic carbocycles. The summed E-state index contributed by atoms with van der Waals surface area (Å²) in [6, 6.07) is 11.1. The van der Waals surface area contributed by atoms with E-state index >= 15 is 0 Å². The lowest BCUT2D eigenvalue weighted by Crippen LogP contribution is -2.45. The van der Waals surface area contributed by atoms with Gasteiger partial charge in [-0.05, 0) is 25.5 Å². The SMILES string of the molecule is C=CC(NC)C(CC)(CC)c1ccccc1. The van der Waals surface area contributed by atoms with E-state index in [4.69, 9.17) is 0 Å². The fourth-order valence-electron chi connectivity index (χ4n) is 2.67. The Morgan fingerprint density at radius 3 is 2.19 bits per heavy atom. The molecule has 1 aromatic carbocycles. The van der Waals surface area contributed by atoms with Crippen LogP contribution in [0.1, 0.15) is 32.3 Å². The molecule has 0 aliphatic rings. The molecule has 0 radical (unpaired) electrons. The molecule has 0 spiro atoms. The van der Waals surface area contributed by atoms with E-state index in [0.717, 1.165) is 12.8 Å². The van der Waals surface area contributed by atoms with Crippen molar-refractivity contribution in [3.8, 4) is 0 Å². The summed E-state index contributed by atoms with van der Waals surface area (Å²) in [5, 5.41) is 3.37. The molecule has 1 N–H and O–H groups in total. The third kappa shape index (κ3) is 2.19. The minimum atomic E-state index is 0.164. The van der Waals surface area contributed by atoms with Crippen LogP contribution >= 0.6 is 0 Å². The molecule has 1 nitrogen and oxygen atoms in total. The second-order valence-corrected chi connectivity index (χ2v) is 4.23. The van der Waals surface area contributed by atoms with E-state index in [1.54, 1.807) is 0 Å². The van der Waals surface area contributed by atoms with Gasteiger partial charge in [0.05, 0.1) is 0 Å². The molecule has 1 rings (SSSR count). The predicted octanol–water partition coefficient (Wildman–Crippen LogP) is 3.52. The summed E-state index contributed by atoms with van der Waals surface area (Å²) < 4.78 is 0. The fourth-order valence-corrected chi connectivity index (χ4v) is 2.67. The van der Waals surface area contributed by atoms with Crippen LogP contribution in [0.4, 0.5) is 0 Å². The Hall–Kier alpha value is -1.08. The fraction of sp³-hybridized carbons (Fsp3) is 0.467. The first-order chi connectivity index (χ1) is 7.75. The number of rotatable bonds is 6. The third-order valence-electron chi connectivity index (χ3n) is 3.75. The molecule has 0 saturated carbocycles. The normalized spacial score (nSPS) is 13.4. The summed E-state index contributed by atoms with van der Waals surface area (Å²) in [5.41, 5.74) is 1.57. The molecule has 0 bridgehead atoms. The van der Waals surface area contributed by atoms with Crippen molar-refractivity contribution < 1.29 is 0 Å². The van der Waals surface area contributed by atoms with Crippen LogP contribution in [0.25, 0.3) is 0 Å². The van der Waals surface area contributed by atoms with Crippen LogP contribution in [0.15, 0.2) is 43.0 Å². The van der Waals surface area contributed by atoms with E-state index in [-0.39, 0.29) is 5.41 Å². The second-order valence-electron chi connectivity index (χ2n) is 4.23. The van der Waals surface area contributed by atoms with Crippen molar-refractivity contribution in [1.82, 2.24) is 5.32 Å². The first kappa shape index (κ1) is 13.0. The molecule has 0 fully saturated rings. The lowest BCUT2D eigenvalue weighted by atomic mass is 9.70. The Kier molecular flexibility index (Phi) is 4.75. The van der Waals surface area contributed by atoms with E-state index in [1.165, 1.54) is 5.56 Å². The average molecular weight is 217 g/mol. The van der Waals surface area contributed by atoms with Crippen LogP contribution < -0.4 is 5.32 Å². The summed E-state index contributed by atoms with van der Waals surface area (Å²) in [4.78, 5) is 0. The van der Waals surface area contributed by atoms with Crippen molar-refractivity contribution >= 4 is 0 Å². The Morgan fingerprint density at radius 1 is 1.25 bits per heavy atom. The van der Waals surface area contributed by atoms with Gasteiger partial charge in [0.25, 0.3) is 0 Å². The second kappa shape index (κ2) is 5.86. The first-order valence-corrected chi connectivity index (χ1v) is 6.10. The van der Waals surface area contributed by atoms with Gasteiger partial charge in [0.1, 0.15) is 0 Å². The Labute approximate surface area is 99.6 Å². The van der Waals surface area contributed by atoms with Gasteiger partial charge >= 0.3 is 0 Å². The highest BCUT2D eigenvalue weighted by Crippen LogP contribution is 2.35. The number of hydrogen-bond donors (Lipinski definition) is 1. The van der Waals surface area contributed by atoms with Gasteiger partial charge in [0.2, 0.25) is 0 Å². The largest absolute Gasteiger partial charge is 0.313 e. The molecule has 0 heterocycles. The number of benzene rings is 1. The minimum absolute atomic E-state index is 0.164. The van der Waals surface area contributed by atoms with Crippen molar-refractivity contribution in [2.24, 2.45) is 0 Å². The molecule has 1 unspecified atom stereocenters. The zero-order valence-corrected chi connectivity index (χ0v) is 10.7. The monoisotopic (exact) mass is 217 g/mol. The van der Waals surface area contributed by atoms with Gasteiger partial charge in [-0.3, -0.25) is 0 Å². The zero-order valence-electron chi connectivity index (χ0n) is 10.7. The van der Waals surface area contributed by atoms with Gasteiger partial charge in [0.15, 0.2) is 0 Å². The van der Waals surface area contributed by atoms with Crippen molar-refractivity contribution in [2.75, 3.05) is 7.05 Å². The molecule has 1 heteroatoms. The summed E-state index contributed by atoms with van der Waals surface area (Å²) in [6.45, 7) is 8.47. The smallest absolute Gasteiger partial charge is 0.0342 e. The average Bonchev–Trinajstić information content (AvgIpc) is 2.37. The Bertz CT molecular complexity index is 311. The molecule has 0 saturated heterocycles. The summed E-state index contributed by atoms with van der Waals surface area (Å²) in [5.74, 6) is 0. The molecular weight excluding hydrogens is 194 g/mol. The van der Waals surface area contributed by atoms with Crippen LogP contribution in [0.5, 0.6) is 0 Å². The maximum atomic E-state index is 3.96. The molecule has 0 aromatic heterocycles. The topological polar surface area (TPSA) is 12.0 Å². The molecule has 88 valence electrons. The van der Waals surface area contributed by atoms with Gasteiger partial charge in [-0.1, -0.05) is 50.3 Å². The highest BCUT2D eigenvalue weighted by atomic mass is 14.9. The maximum Gasteiger partial charge on any atom is 0.0342 e. The number of likely N-dealkylation sites (N-methyl/N-ethyl adjacent to an activating group) is 1. The van der Waals surface area contributed by atoms with Gasteiger partial charge in [-0.2, -0.15) is 0 Å². The maximum absolute atomic E-state index is 3.96. The third-order valence-corrected chi connectivity index (χ3v) is 3.75. The lowest BCUT2D eigenvalue weighted by molar-refractivity contribution is 0.324. The molecule has 1 atom stereocenters. The van der Waals surface area contributed by atoms with Crippen LogP contribution in [0.3, 0.4) is 0 Å². The summed E-state index contributed by atoms with van der Waals surface area (Å²) >= 11 is 0. The van der Waals surface area contributed by atoms with E-state index in [2.05, 4.69) is 56.1 Å². The Balaban J connectivity index is 3.19. The first-order valence-electron chi connectivity index (χ1n) is 6.10. The molecule has 16 heavy (non-hydrogen) atoms. The van der Waals surface area contributed by atoms with Crippen LogP contribution in [-0.2, 0) is 5.41 Å². The lowest BCUT2D eigenvalue weighted by Gasteiger charge is -2.38. The molecule has 0 amide bonds. The van der Waals surface area contributed by atoms with Gasteiger partial charge in [-0.25, -0.2) is 0 Å². The summed E-state index contributed by atoms with van der Waals surface area (Å²) in [6.07, 6.45) is 4.26. The van der Waals surface area contributed by atoms with Gasteiger partial charge in [-0.15, -0.1) is 6.58 Å². The highest BCUT2D eigenvalue weighted by Gasteiger charge is 2.34. The minimum Gasteiger partial charge on any atom is -0.313 e. The summed E-state index contributed by atoms with van der Waals surface area (Å²) in [7, 11) is 2.01. The van der Waals surface area contributed by atoms with Crippen molar-refractivity contribution in [3.63, 3.8) is 0 Å². The molecule has 0 aliphatic heterocycles. The van der Waals surface area contributed by atoms with Crippen LogP contribution in [-0.4, -0.2) is 13.1 Å². The quantitative estimate of drug-likeness (QED) is 0.719. The number of nitrogens with one attached hydrogen (secondary N) is 1. The van der Waals surface area contributed by atoms with Crippen molar-refractivity contribution in [1.29, 1.82) is 0 Å². The van der Waals surface area contributed by atoms with E-state index in [9.17, 15) is 0 Å². The van der Waals surface area contributed by atoms with Crippen LogP contribution in [0.2, 0.25) is 0 Å². The van der Waals surface area contributed by atoms with E-state index in [0.29, 0.717) is 6.04 Å². The van der Waals surface area contributed by atoms with Crippen LogP contribution in [0, 0.1) is 0 Å². The molecule has 1 aromatic rings.